The quantitative estimate of drug-likeness (QED) is 0.739. The van der Waals surface area contributed by atoms with Crippen molar-refractivity contribution >= 4 is 29.2 Å². The second kappa shape index (κ2) is 3.55. The lowest BCUT2D eigenvalue weighted by Gasteiger charge is -2.15. The van der Waals surface area contributed by atoms with E-state index in [9.17, 15) is 9.59 Å². The number of halogens is 1. The highest BCUT2D eigenvalue weighted by molar-refractivity contribution is 6.30. The van der Waals surface area contributed by atoms with Crippen LogP contribution in [0.25, 0.3) is 0 Å². The fraction of sp³-hybridized carbons (Fsp3) is 0.200. The Morgan fingerprint density at radius 3 is 2.67 bits per heavy atom. The molecule has 0 bridgehead atoms. The van der Waals surface area contributed by atoms with Crippen LogP contribution in [-0.4, -0.2) is 18.5 Å². The molecule has 15 heavy (non-hydrogen) atoms. The Morgan fingerprint density at radius 2 is 2.13 bits per heavy atom. The first-order valence-corrected chi connectivity index (χ1v) is 4.83. The van der Waals surface area contributed by atoms with Crippen LogP contribution in [0.1, 0.15) is 5.56 Å². The highest BCUT2D eigenvalue weighted by Gasteiger charge is 2.28. The predicted molar refractivity (Wildman–Crippen MR) is 57.1 cm³/mol. The van der Waals surface area contributed by atoms with Gasteiger partial charge >= 0.3 is 6.03 Å². The van der Waals surface area contributed by atoms with Crippen molar-refractivity contribution in [2.45, 2.75) is 6.92 Å². The van der Waals surface area contributed by atoms with Gasteiger partial charge in [-0.2, -0.15) is 0 Å². The van der Waals surface area contributed by atoms with Crippen LogP contribution >= 0.6 is 11.6 Å². The molecule has 0 aliphatic carbocycles. The summed E-state index contributed by atoms with van der Waals surface area (Å²) in [6.45, 7) is 1.92. The predicted octanol–water partition coefficient (Wildman–Crippen LogP) is 1.70. The number of nitrogens with one attached hydrogen (secondary N) is 1. The van der Waals surface area contributed by atoms with E-state index in [0.717, 1.165) is 5.56 Å². The van der Waals surface area contributed by atoms with Crippen LogP contribution in [0.15, 0.2) is 18.2 Å². The number of carbonyl (C=O) groups excluding carboxylic acids is 2. The Hall–Kier alpha value is -1.55. The van der Waals surface area contributed by atoms with Gasteiger partial charge in [-0.25, -0.2) is 4.79 Å². The van der Waals surface area contributed by atoms with Gasteiger partial charge in [0.25, 0.3) is 0 Å². The molecule has 5 heteroatoms. The van der Waals surface area contributed by atoms with Gasteiger partial charge in [-0.3, -0.25) is 15.0 Å². The van der Waals surface area contributed by atoms with Crippen molar-refractivity contribution in [3.05, 3.63) is 28.8 Å². The zero-order chi connectivity index (χ0) is 11.0. The third kappa shape index (κ3) is 1.80. The van der Waals surface area contributed by atoms with Crippen molar-refractivity contribution < 1.29 is 9.59 Å². The maximum atomic E-state index is 11.4. The summed E-state index contributed by atoms with van der Waals surface area (Å²) in [6, 6.07) is 4.80. The smallest absolute Gasteiger partial charge is 0.284 e. The molecule has 0 aromatic heterocycles. The number of rotatable bonds is 1. The first-order valence-electron chi connectivity index (χ1n) is 4.45. The lowest BCUT2D eigenvalue weighted by Crippen LogP contribution is -2.28. The summed E-state index contributed by atoms with van der Waals surface area (Å²) in [5.74, 6) is -0.283. The highest BCUT2D eigenvalue weighted by Crippen LogP contribution is 2.24. The molecule has 0 spiro atoms. The van der Waals surface area contributed by atoms with Crippen molar-refractivity contribution in [1.29, 1.82) is 0 Å². The van der Waals surface area contributed by atoms with Crippen LogP contribution in [0.3, 0.4) is 0 Å². The number of amides is 3. The molecule has 78 valence electrons. The van der Waals surface area contributed by atoms with Gasteiger partial charge in [-0.1, -0.05) is 11.6 Å². The normalized spacial score (nSPS) is 15.7. The van der Waals surface area contributed by atoms with Crippen LogP contribution in [0.2, 0.25) is 5.02 Å². The minimum atomic E-state index is -0.384. The molecule has 1 heterocycles. The SMILES string of the molecule is Cc1cc(Cl)ccc1N1CC(=O)NC1=O. The standard InChI is InChI=1S/C10H9ClN2O2/c1-6-4-7(11)2-3-8(6)13-5-9(14)12-10(13)15/h2-4H,5H2,1H3,(H,12,14,15). The molecule has 0 unspecified atom stereocenters. The van der Waals surface area contributed by atoms with E-state index in [2.05, 4.69) is 5.32 Å². The van der Waals surface area contributed by atoms with Gasteiger partial charge in [0.15, 0.2) is 0 Å². The molecule has 1 fully saturated rings. The lowest BCUT2D eigenvalue weighted by atomic mass is 10.2. The number of benzene rings is 1. The van der Waals surface area contributed by atoms with E-state index in [4.69, 9.17) is 11.6 Å². The molecule has 0 saturated carbocycles. The van der Waals surface area contributed by atoms with Gasteiger partial charge in [-0.05, 0) is 30.7 Å². The van der Waals surface area contributed by atoms with Gasteiger partial charge < -0.3 is 0 Å². The largest absolute Gasteiger partial charge is 0.329 e. The van der Waals surface area contributed by atoms with Gasteiger partial charge in [0.05, 0.1) is 0 Å². The van der Waals surface area contributed by atoms with E-state index in [1.807, 2.05) is 6.92 Å². The second-order valence-electron chi connectivity index (χ2n) is 3.37. The Kier molecular flexibility index (Phi) is 2.36. The van der Waals surface area contributed by atoms with Gasteiger partial charge in [-0.15, -0.1) is 0 Å². The second-order valence-corrected chi connectivity index (χ2v) is 3.81. The number of aryl methyl sites for hydroxylation is 1. The van der Waals surface area contributed by atoms with Crippen molar-refractivity contribution in [2.24, 2.45) is 0 Å². The topological polar surface area (TPSA) is 49.4 Å². The third-order valence-electron chi connectivity index (χ3n) is 2.24. The van der Waals surface area contributed by atoms with E-state index >= 15 is 0 Å². The van der Waals surface area contributed by atoms with Crippen LogP contribution in [0.4, 0.5) is 10.5 Å². The maximum absolute atomic E-state index is 11.4. The van der Waals surface area contributed by atoms with Crippen LogP contribution in [0, 0.1) is 6.92 Å². The van der Waals surface area contributed by atoms with Crippen molar-refractivity contribution in [3.63, 3.8) is 0 Å². The first-order chi connectivity index (χ1) is 7.08. The van der Waals surface area contributed by atoms with E-state index in [1.165, 1.54) is 4.90 Å². The Balaban J connectivity index is 2.38. The molecule has 1 aliphatic rings. The fourth-order valence-corrected chi connectivity index (χ4v) is 1.78. The highest BCUT2D eigenvalue weighted by atomic mass is 35.5. The molecular weight excluding hydrogens is 216 g/mol. The molecule has 0 radical (unpaired) electrons. The van der Waals surface area contributed by atoms with Crippen molar-refractivity contribution in [1.82, 2.24) is 5.32 Å². The average molecular weight is 225 g/mol. The van der Waals surface area contributed by atoms with Gasteiger partial charge in [0.2, 0.25) is 5.91 Å². The number of nitrogens with zero attached hydrogens (tertiary/aromatic N) is 1. The number of hydrogen-bond donors (Lipinski definition) is 1. The minimum absolute atomic E-state index is 0.0707. The number of hydrogen-bond acceptors (Lipinski definition) is 2. The zero-order valence-electron chi connectivity index (χ0n) is 8.08. The van der Waals surface area contributed by atoms with Crippen LogP contribution in [-0.2, 0) is 4.79 Å². The summed E-state index contributed by atoms with van der Waals surface area (Å²) < 4.78 is 0. The summed E-state index contributed by atoms with van der Waals surface area (Å²) in [4.78, 5) is 23.8. The molecule has 4 nitrogen and oxygen atoms in total. The molecule has 1 saturated heterocycles. The number of anilines is 1. The van der Waals surface area contributed by atoms with Crippen LogP contribution in [0.5, 0.6) is 0 Å². The van der Waals surface area contributed by atoms with E-state index in [-0.39, 0.29) is 18.5 Å². The monoisotopic (exact) mass is 224 g/mol. The Labute approximate surface area is 91.8 Å². The maximum Gasteiger partial charge on any atom is 0.329 e. The molecule has 1 N–H and O–H groups in total. The minimum Gasteiger partial charge on any atom is -0.284 e. The molecule has 2 rings (SSSR count). The summed E-state index contributed by atoms with van der Waals surface area (Å²) in [6.07, 6.45) is 0. The Bertz CT molecular complexity index is 445. The van der Waals surface area contributed by atoms with Crippen LogP contribution < -0.4 is 10.2 Å². The molecule has 3 amide bonds. The lowest BCUT2D eigenvalue weighted by molar-refractivity contribution is -0.117. The molecule has 1 aromatic rings. The van der Waals surface area contributed by atoms with Gasteiger partial charge in [0, 0.05) is 10.7 Å². The van der Waals surface area contributed by atoms with Crippen molar-refractivity contribution in [2.75, 3.05) is 11.4 Å². The first kappa shape index (κ1) is 9.98. The number of imide groups is 1. The summed E-state index contributed by atoms with van der Waals surface area (Å²) in [5, 5.41) is 2.84. The average Bonchev–Trinajstić information content (AvgIpc) is 2.45. The third-order valence-corrected chi connectivity index (χ3v) is 2.48. The summed E-state index contributed by atoms with van der Waals surface area (Å²) >= 11 is 5.80. The molecule has 0 atom stereocenters. The van der Waals surface area contributed by atoms with E-state index in [1.54, 1.807) is 18.2 Å². The fourth-order valence-electron chi connectivity index (χ4n) is 1.56. The summed E-state index contributed by atoms with van der Waals surface area (Å²) in [7, 11) is 0. The molecule has 1 aromatic carbocycles. The van der Waals surface area contributed by atoms with E-state index in [0.29, 0.717) is 10.7 Å². The van der Waals surface area contributed by atoms with E-state index < -0.39 is 0 Å². The summed E-state index contributed by atoms with van der Waals surface area (Å²) in [5.41, 5.74) is 1.58. The zero-order valence-corrected chi connectivity index (χ0v) is 8.84. The number of urea groups is 1. The molecular formula is C10H9ClN2O2. The Morgan fingerprint density at radius 1 is 1.40 bits per heavy atom. The molecule has 1 aliphatic heterocycles. The van der Waals surface area contributed by atoms with Gasteiger partial charge in [0.1, 0.15) is 6.54 Å². The van der Waals surface area contributed by atoms with Crippen molar-refractivity contribution in [3.8, 4) is 0 Å². The number of carbonyl (C=O) groups is 2.